The predicted molar refractivity (Wildman–Crippen MR) is 165 cm³/mol. The van der Waals surface area contributed by atoms with Crippen LogP contribution in [-0.4, -0.2) is 12.0 Å². The van der Waals surface area contributed by atoms with E-state index in [9.17, 15) is 0 Å². The molecule has 0 N–H and O–H groups in total. The zero-order valence-corrected chi connectivity index (χ0v) is 25.9. The van der Waals surface area contributed by atoms with Gasteiger partial charge < -0.3 is 14.5 Å². The first-order valence-electron chi connectivity index (χ1n) is 14.1. The van der Waals surface area contributed by atoms with Gasteiger partial charge in [0.2, 0.25) is 0 Å². The Hall–Kier alpha value is -3.18. The zero-order valence-electron chi connectivity index (χ0n) is 25.0. The number of hydrogen-bond acceptors (Lipinski definition) is 6. The minimum absolute atomic E-state index is 0. The van der Waals surface area contributed by atoms with E-state index in [1.807, 2.05) is 47.5 Å². The maximum Gasteiger partial charge on any atom is 0.108 e. The molecule has 204 valence electrons. The molecule has 0 unspecified atom stereocenters. The number of para-hydroxylation sites is 2. The number of aromatic nitrogens is 1. The molecule has 40 heavy (non-hydrogen) atoms. The number of hydrogen-bond donors (Lipinski definition) is 0. The third-order valence-corrected chi connectivity index (χ3v) is 8.93. The predicted octanol–water partition coefficient (Wildman–Crippen LogP) is 9.57. The van der Waals surface area contributed by atoms with Crippen LogP contribution >= 0.6 is 22.7 Å². The molecular weight excluding hydrogens is 714 g/mol. The summed E-state index contributed by atoms with van der Waals surface area (Å²) in [6, 6.07) is 28.5. The fourth-order valence-corrected chi connectivity index (χ4v) is 6.89. The first-order valence-corrected chi connectivity index (χ1v) is 14.3. The molecule has 0 fully saturated rings. The number of fused-ring (bicyclic) bond motifs is 4. The second kappa shape index (κ2) is 10.3. The van der Waals surface area contributed by atoms with Crippen molar-refractivity contribution >= 4 is 59.9 Å². The Balaban J connectivity index is 0.00000329. The van der Waals surface area contributed by atoms with Crippen molar-refractivity contribution in [2.24, 2.45) is 0 Å². The standard InChI is InChI=1S/C33H26N3OS2.Pt/c1-33(2,3)22-12-14-34-27(17-22)25-16-21-13-15-38-31(21)32-26(25)19-30(39-32)37-24-9-7-8-23(18-24)36-20-35(4)28-10-5-6-11-29(28)36;/h5-17,20H,1-4H3;/q-3;/i4D3;. The van der Waals surface area contributed by atoms with Crippen molar-refractivity contribution in [3.05, 3.63) is 103 Å². The number of thiophene rings is 2. The molecule has 0 atom stereocenters. The van der Waals surface area contributed by atoms with Crippen molar-refractivity contribution in [2.45, 2.75) is 26.2 Å². The summed E-state index contributed by atoms with van der Waals surface area (Å²) >= 11 is 3.26. The van der Waals surface area contributed by atoms with Gasteiger partial charge >= 0.3 is 0 Å². The third-order valence-electron chi connectivity index (χ3n) is 6.87. The molecule has 0 radical (unpaired) electrons. The van der Waals surface area contributed by atoms with Gasteiger partial charge in [0, 0.05) is 54.2 Å². The van der Waals surface area contributed by atoms with Crippen LogP contribution in [0.4, 0.5) is 17.1 Å². The van der Waals surface area contributed by atoms with E-state index in [0.29, 0.717) is 22.2 Å². The average Bonchev–Trinajstić information content (AvgIpc) is 3.68. The molecule has 7 rings (SSSR count). The monoisotopic (exact) mass is 742 g/mol. The van der Waals surface area contributed by atoms with Gasteiger partial charge in [-0.25, -0.2) is 0 Å². The molecule has 0 bridgehead atoms. The van der Waals surface area contributed by atoms with Gasteiger partial charge in [-0.3, -0.25) is 4.98 Å². The maximum absolute atomic E-state index is 7.98. The Morgan fingerprint density at radius 1 is 0.975 bits per heavy atom. The van der Waals surface area contributed by atoms with Crippen LogP contribution in [0, 0.1) is 18.8 Å². The number of rotatable bonds is 4. The number of pyridine rings is 1. The molecule has 7 heteroatoms. The van der Waals surface area contributed by atoms with Gasteiger partial charge in [-0.2, -0.15) is 40.8 Å². The van der Waals surface area contributed by atoms with Gasteiger partial charge in [-0.1, -0.05) is 43.2 Å². The molecule has 0 amide bonds. The Labute approximate surface area is 261 Å². The van der Waals surface area contributed by atoms with E-state index < -0.39 is 6.98 Å². The molecule has 4 heterocycles. The molecule has 0 saturated carbocycles. The van der Waals surface area contributed by atoms with E-state index >= 15 is 0 Å². The minimum atomic E-state index is -2.31. The van der Waals surface area contributed by atoms with Crippen molar-refractivity contribution in [3.8, 4) is 22.1 Å². The van der Waals surface area contributed by atoms with E-state index in [4.69, 9.17) is 13.8 Å². The first kappa shape index (κ1) is 23.5. The SMILES string of the molecule is [2H]C([2H])([2H])N1[CH-]N(c2[c-]c(Oc3[c-]c4c(-c5cc(C(C)(C)C)ccn5)cc5ccsc5c4s3)ccc2)c2ccccc21.[Pt]. The van der Waals surface area contributed by atoms with Crippen molar-refractivity contribution in [3.63, 3.8) is 0 Å². The van der Waals surface area contributed by atoms with Crippen molar-refractivity contribution in [2.75, 3.05) is 16.8 Å². The molecule has 0 spiro atoms. The quantitative estimate of drug-likeness (QED) is 0.168. The summed E-state index contributed by atoms with van der Waals surface area (Å²) in [6.45, 7) is 5.90. The van der Waals surface area contributed by atoms with Crippen LogP contribution in [0.15, 0.2) is 78.3 Å². The van der Waals surface area contributed by atoms with Gasteiger partial charge in [0.25, 0.3) is 0 Å². The molecule has 3 aromatic heterocycles. The summed E-state index contributed by atoms with van der Waals surface area (Å²) in [5, 5.41) is 4.89. The van der Waals surface area contributed by atoms with Crippen LogP contribution in [0.25, 0.3) is 31.4 Å². The molecule has 1 aliphatic heterocycles. The first-order chi connectivity index (χ1) is 20.1. The zero-order chi connectivity index (χ0) is 29.2. The van der Waals surface area contributed by atoms with Crippen molar-refractivity contribution in [1.82, 2.24) is 4.98 Å². The van der Waals surface area contributed by atoms with Crippen LogP contribution in [0.5, 0.6) is 10.8 Å². The summed E-state index contributed by atoms with van der Waals surface area (Å²) in [4.78, 5) is 7.87. The molecule has 1 aliphatic rings. The van der Waals surface area contributed by atoms with E-state index in [1.54, 1.807) is 35.4 Å². The second-order valence-corrected chi connectivity index (χ2v) is 12.4. The Morgan fingerprint density at radius 2 is 1.82 bits per heavy atom. The largest absolute Gasteiger partial charge is 0.504 e. The fraction of sp³-hybridized carbons (Fsp3) is 0.152. The van der Waals surface area contributed by atoms with E-state index in [2.05, 4.69) is 62.5 Å². The number of anilines is 3. The molecule has 0 saturated heterocycles. The number of ether oxygens (including phenoxy) is 1. The normalized spacial score (nSPS) is 14.5. The van der Waals surface area contributed by atoms with Crippen LogP contribution in [0.3, 0.4) is 0 Å². The molecular formula is C33H26N3OPtS2-3. The van der Waals surface area contributed by atoms with Crippen molar-refractivity contribution in [1.29, 1.82) is 0 Å². The fourth-order valence-electron chi connectivity index (χ4n) is 4.85. The average molecular weight is 743 g/mol. The summed E-state index contributed by atoms with van der Waals surface area (Å²) in [6.07, 6.45) is 1.88. The molecule has 0 aliphatic carbocycles. The summed E-state index contributed by atoms with van der Waals surface area (Å²) in [7, 11) is 0. The van der Waals surface area contributed by atoms with Crippen LogP contribution in [-0.2, 0) is 26.5 Å². The molecule has 3 aromatic carbocycles. The van der Waals surface area contributed by atoms with Gasteiger partial charge in [0.05, 0.1) is 0 Å². The molecule has 4 nitrogen and oxygen atoms in total. The second-order valence-electron chi connectivity index (χ2n) is 10.5. The topological polar surface area (TPSA) is 28.6 Å². The van der Waals surface area contributed by atoms with E-state index in [-0.39, 0.29) is 26.5 Å². The number of nitrogens with zero attached hydrogens (tertiary/aromatic N) is 3. The van der Waals surface area contributed by atoms with Crippen molar-refractivity contribution < 1.29 is 29.9 Å². The minimum Gasteiger partial charge on any atom is -0.504 e. The third kappa shape index (κ3) is 4.72. The molecule has 6 aromatic rings. The number of benzene rings is 3. The van der Waals surface area contributed by atoms with E-state index in [0.717, 1.165) is 27.0 Å². The van der Waals surface area contributed by atoms with Gasteiger partial charge in [-0.05, 0) is 63.8 Å². The maximum atomic E-state index is 7.98. The van der Waals surface area contributed by atoms with Crippen LogP contribution in [0.2, 0.25) is 0 Å². The van der Waals surface area contributed by atoms with Gasteiger partial charge in [0.15, 0.2) is 0 Å². The van der Waals surface area contributed by atoms with Crippen LogP contribution in [0.1, 0.15) is 30.4 Å². The summed E-state index contributed by atoms with van der Waals surface area (Å²) in [5.41, 5.74) is 5.23. The Kier molecular flexibility index (Phi) is 6.08. The summed E-state index contributed by atoms with van der Waals surface area (Å²) in [5.74, 6) is 0.519. The summed E-state index contributed by atoms with van der Waals surface area (Å²) < 4.78 is 32.6. The van der Waals surface area contributed by atoms with Crippen LogP contribution < -0.4 is 14.5 Å². The Bertz CT molecular complexity index is 1960. The van der Waals surface area contributed by atoms with Gasteiger partial charge in [-0.15, -0.1) is 36.0 Å². The van der Waals surface area contributed by atoms with Gasteiger partial charge in [0.1, 0.15) is 5.06 Å². The van der Waals surface area contributed by atoms with E-state index in [1.165, 1.54) is 20.5 Å². The smallest absolute Gasteiger partial charge is 0.108 e. The Morgan fingerprint density at radius 3 is 2.65 bits per heavy atom.